The molecule has 0 atom stereocenters. The van der Waals surface area contributed by atoms with Gasteiger partial charge in [0.15, 0.2) is 0 Å². The average Bonchev–Trinajstić information content (AvgIpc) is 2.44. The minimum Gasteiger partial charge on any atom is -0.384 e. The highest BCUT2D eigenvalue weighted by Crippen LogP contribution is 2.03. The molecular weight excluding hydrogens is 292 g/mol. The van der Waals surface area contributed by atoms with Gasteiger partial charge in [-0.15, -0.1) is 0 Å². The lowest BCUT2D eigenvalue weighted by molar-refractivity contribution is 0.0953. The van der Waals surface area contributed by atoms with Gasteiger partial charge in [-0.05, 0) is 30.7 Å². The van der Waals surface area contributed by atoms with Crippen LogP contribution in [-0.2, 0) is 10.0 Å². The van der Waals surface area contributed by atoms with E-state index in [1.165, 1.54) is 0 Å². The zero-order chi connectivity index (χ0) is 15.7. The highest BCUT2D eigenvalue weighted by atomic mass is 32.2. The van der Waals surface area contributed by atoms with Crippen LogP contribution < -0.4 is 10.0 Å². The van der Waals surface area contributed by atoms with Crippen LogP contribution in [0.15, 0.2) is 24.3 Å². The third-order valence-corrected chi connectivity index (χ3v) is 3.19. The fourth-order valence-corrected chi connectivity index (χ4v) is 2.01. The molecule has 0 aliphatic heterocycles. The van der Waals surface area contributed by atoms with Gasteiger partial charge in [0.05, 0.1) is 6.26 Å². The number of carbonyl (C=O) groups excluding carboxylic acids is 1. The fourth-order valence-electron chi connectivity index (χ4n) is 1.50. The molecule has 0 aliphatic carbocycles. The van der Waals surface area contributed by atoms with Crippen LogP contribution in [0, 0.1) is 11.8 Å². The van der Waals surface area contributed by atoms with Gasteiger partial charge in [-0.25, -0.2) is 13.1 Å². The Balaban J connectivity index is 2.38. The van der Waals surface area contributed by atoms with Gasteiger partial charge in [0, 0.05) is 24.2 Å². The quantitative estimate of drug-likeness (QED) is 0.496. The molecule has 6 nitrogen and oxygen atoms in total. The van der Waals surface area contributed by atoms with Crippen molar-refractivity contribution in [3.05, 3.63) is 35.4 Å². The summed E-state index contributed by atoms with van der Waals surface area (Å²) < 4.78 is 24.0. The molecule has 0 saturated carbocycles. The van der Waals surface area contributed by atoms with Gasteiger partial charge >= 0.3 is 0 Å². The number of sulfonamides is 1. The molecule has 0 aliphatic rings. The van der Waals surface area contributed by atoms with Crippen LogP contribution in [0.1, 0.15) is 22.3 Å². The maximum Gasteiger partial charge on any atom is 0.251 e. The van der Waals surface area contributed by atoms with E-state index in [1.807, 2.05) is 0 Å². The van der Waals surface area contributed by atoms with Crippen molar-refractivity contribution in [1.29, 1.82) is 0 Å². The molecule has 0 bridgehead atoms. The number of hydrogen-bond donors (Lipinski definition) is 3. The van der Waals surface area contributed by atoms with Crippen molar-refractivity contribution >= 4 is 15.9 Å². The summed E-state index contributed by atoms with van der Waals surface area (Å²) in [5.74, 6) is 5.03. The van der Waals surface area contributed by atoms with E-state index in [4.69, 9.17) is 5.11 Å². The number of amides is 1. The van der Waals surface area contributed by atoms with E-state index in [2.05, 4.69) is 21.9 Å². The Hall–Kier alpha value is -1.88. The molecule has 0 radical (unpaired) electrons. The maximum atomic E-state index is 11.8. The van der Waals surface area contributed by atoms with Gasteiger partial charge in [-0.2, -0.15) is 0 Å². The van der Waals surface area contributed by atoms with Crippen molar-refractivity contribution in [1.82, 2.24) is 10.0 Å². The molecule has 1 amide bonds. The number of rotatable bonds is 6. The van der Waals surface area contributed by atoms with Gasteiger partial charge in [0.1, 0.15) is 6.61 Å². The van der Waals surface area contributed by atoms with Crippen LogP contribution in [0.4, 0.5) is 0 Å². The molecule has 1 rings (SSSR count). The smallest absolute Gasteiger partial charge is 0.251 e. The van der Waals surface area contributed by atoms with E-state index >= 15 is 0 Å². The molecule has 0 aromatic heterocycles. The summed E-state index contributed by atoms with van der Waals surface area (Å²) in [6.07, 6.45) is 1.60. The van der Waals surface area contributed by atoms with Gasteiger partial charge in [-0.1, -0.05) is 11.8 Å². The Morgan fingerprint density at radius 1 is 1.24 bits per heavy atom. The van der Waals surface area contributed by atoms with Crippen molar-refractivity contribution in [2.24, 2.45) is 0 Å². The Bertz CT molecular complexity index is 627. The second kappa shape index (κ2) is 8.42. The lowest BCUT2D eigenvalue weighted by atomic mass is 10.1. The third kappa shape index (κ3) is 7.46. The van der Waals surface area contributed by atoms with Crippen LogP contribution in [-0.4, -0.2) is 45.4 Å². The summed E-state index contributed by atoms with van der Waals surface area (Å²) in [4.78, 5) is 11.8. The Morgan fingerprint density at radius 3 is 2.48 bits per heavy atom. The molecule has 114 valence electrons. The second-order valence-electron chi connectivity index (χ2n) is 4.31. The summed E-state index contributed by atoms with van der Waals surface area (Å²) in [7, 11) is -3.18. The van der Waals surface area contributed by atoms with E-state index in [9.17, 15) is 13.2 Å². The van der Waals surface area contributed by atoms with Crippen LogP contribution in [0.25, 0.3) is 0 Å². The van der Waals surface area contributed by atoms with Crippen LogP contribution in [0.5, 0.6) is 0 Å². The molecule has 0 fully saturated rings. The van der Waals surface area contributed by atoms with E-state index < -0.39 is 10.0 Å². The fraction of sp³-hybridized carbons (Fsp3) is 0.357. The molecule has 1 aromatic carbocycles. The van der Waals surface area contributed by atoms with E-state index in [0.29, 0.717) is 18.5 Å². The Labute approximate surface area is 124 Å². The molecule has 1 aromatic rings. The predicted octanol–water partition coefficient (Wildman–Crippen LogP) is -0.300. The first-order valence-corrected chi connectivity index (χ1v) is 8.24. The van der Waals surface area contributed by atoms with E-state index in [0.717, 1.165) is 11.8 Å². The lowest BCUT2D eigenvalue weighted by Gasteiger charge is -2.05. The predicted molar refractivity (Wildman–Crippen MR) is 80.2 cm³/mol. The van der Waals surface area contributed by atoms with E-state index in [1.54, 1.807) is 24.3 Å². The standard InChI is InChI=1S/C14H18N2O4S/c1-21(19,20)16-10-3-9-15-14(18)13-7-5-12(6-8-13)4-2-11-17/h5-8,16-17H,3,9-11H2,1H3,(H,15,18). The molecule has 0 heterocycles. The van der Waals surface area contributed by atoms with Crippen molar-refractivity contribution in [3.8, 4) is 11.8 Å². The average molecular weight is 310 g/mol. The minimum atomic E-state index is -3.18. The molecule has 0 unspecified atom stereocenters. The molecule has 0 saturated heterocycles. The topological polar surface area (TPSA) is 95.5 Å². The Kier molecular flexibility index (Phi) is 6.88. The van der Waals surface area contributed by atoms with Crippen LogP contribution in [0.3, 0.4) is 0 Å². The molecule has 21 heavy (non-hydrogen) atoms. The molecular formula is C14H18N2O4S. The first kappa shape index (κ1) is 17.2. The zero-order valence-electron chi connectivity index (χ0n) is 11.7. The van der Waals surface area contributed by atoms with Crippen molar-refractivity contribution in [2.45, 2.75) is 6.42 Å². The van der Waals surface area contributed by atoms with Crippen LogP contribution >= 0.6 is 0 Å². The summed E-state index contributed by atoms with van der Waals surface area (Å²) in [5.41, 5.74) is 1.22. The summed E-state index contributed by atoms with van der Waals surface area (Å²) in [6, 6.07) is 6.68. The summed E-state index contributed by atoms with van der Waals surface area (Å²) in [6.45, 7) is 0.464. The monoisotopic (exact) mass is 310 g/mol. The molecule has 7 heteroatoms. The maximum absolute atomic E-state index is 11.8. The number of nitrogens with one attached hydrogen (secondary N) is 2. The highest BCUT2D eigenvalue weighted by Gasteiger charge is 2.04. The summed E-state index contributed by atoms with van der Waals surface area (Å²) in [5, 5.41) is 11.3. The van der Waals surface area contributed by atoms with Gasteiger partial charge in [0.25, 0.3) is 5.91 Å². The minimum absolute atomic E-state index is 0.205. The van der Waals surface area contributed by atoms with Crippen molar-refractivity contribution < 1.29 is 18.3 Å². The van der Waals surface area contributed by atoms with E-state index in [-0.39, 0.29) is 19.1 Å². The molecule has 3 N–H and O–H groups in total. The van der Waals surface area contributed by atoms with Crippen molar-refractivity contribution in [2.75, 3.05) is 26.0 Å². The van der Waals surface area contributed by atoms with Gasteiger partial charge < -0.3 is 10.4 Å². The largest absolute Gasteiger partial charge is 0.384 e. The lowest BCUT2D eigenvalue weighted by Crippen LogP contribution is -2.29. The second-order valence-corrected chi connectivity index (χ2v) is 6.15. The number of hydrogen-bond acceptors (Lipinski definition) is 4. The van der Waals surface area contributed by atoms with Gasteiger partial charge in [-0.3, -0.25) is 4.79 Å². The normalized spacial score (nSPS) is 10.6. The first-order chi connectivity index (χ1) is 9.92. The van der Waals surface area contributed by atoms with Gasteiger partial charge in [0.2, 0.25) is 10.0 Å². The summed E-state index contributed by atoms with van der Waals surface area (Å²) >= 11 is 0. The SMILES string of the molecule is CS(=O)(=O)NCCCNC(=O)c1ccc(C#CCO)cc1. The number of aliphatic hydroxyl groups is 1. The number of benzene rings is 1. The zero-order valence-corrected chi connectivity index (χ0v) is 12.5. The van der Waals surface area contributed by atoms with Crippen LogP contribution in [0.2, 0.25) is 0 Å². The number of aliphatic hydroxyl groups excluding tert-OH is 1. The third-order valence-electron chi connectivity index (χ3n) is 2.46. The number of carbonyl (C=O) groups is 1. The molecule has 0 spiro atoms. The Morgan fingerprint density at radius 2 is 1.90 bits per heavy atom. The first-order valence-electron chi connectivity index (χ1n) is 6.35. The van der Waals surface area contributed by atoms with Crippen molar-refractivity contribution in [3.63, 3.8) is 0 Å². The highest BCUT2D eigenvalue weighted by molar-refractivity contribution is 7.88.